The number of rotatable bonds is 9. The van der Waals surface area contributed by atoms with Gasteiger partial charge in [0.25, 0.3) is 5.91 Å². The van der Waals surface area contributed by atoms with Gasteiger partial charge in [0, 0.05) is 17.7 Å². The fraction of sp³-hybridized carbons (Fsp3) is 0.348. The van der Waals surface area contributed by atoms with E-state index >= 15 is 0 Å². The van der Waals surface area contributed by atoms with Crippen LogP contribution in [-0.2, 0) is 14.3 Å². The van der Waals surface area contributed by atoms with Crippen molar-refractivity contribution in [2.75, 3.05) is 11.9 Å². The molecule has 0 radical (unpaired) electrons. The van der Waals surface area contributed by atoms with E-state index in [9.17, 15) is 14.4 Å². The number of ketones is 1. The van der Waals surface area contributed by atoms with Crippen LogP contribution in [0.1, 0.15) is 48.2 Å². The normalized spacial score (nSPS) is 11.4. The number of ether oxygens (including phenoxy) is 2. The van der Waals surface area contributed by atoms with E-state index in [4.69, 9.17) is 9.47 Å². The molecule has 0 aliphatic carbocycles. The summed E-state index contributed by atoms with van der Waals surface area (Å²) >= 11 is 0. The Balaban J connectivity index is 1.80. The summed E-state index contributed by atoms with van der Waals surface area (Å²) in [5.74, 6) is -0.450. The number of Topliss-reactive ketones (excluding diaryl/α,β-unsaturated/α-hetero) is 1. The van der Waals surface area contributed by atoms with Crippen LogP contribution in [0.4, 0.5) is 5.69 Å². The average molecular weight is 397 g/mol. The third-order valence-corrected chi connectivity index (χ3v) is 4.50. The molecule has 154 valence electrons. The van der Waals surface area contributed by atoms with Crippen LogP contribution in [0.2, 0.25) is 0 Å². The third-order valence-electron chi connectivity index (χ3n) is 4.50. The zero-order valence-electron chi connectivity index (χ0n) is 17.3. The van der Waals surface area contributed by atoms with Crippen LogP contribution >= 0.6 is 0 Å². The molecule has 2 aromatic carbocycles. The van der Waals surface area contributed by atoms with Crippen molar-refractivity contribution < 1.29 is 23.9 Å². The molecule has 0 spiro atoms. The Kier molecular flexibility index (Phi) is 7.95. The summed E-state index contributed by atoms with van der Waals surface area (Å²) < 4.78 is 10.5. The number of hydrogen-bond donors (Lipinski definition) is 1. The summed E-state index contributed by atoms with van der Waals surface area (Å²) in [6.45, 7) is 7.85. The molecular formula is C23H27NO5. The molecule has 0 fully saturated rings. The smallest absolute Gasteiger partial charge is 0.307 e. The average Bonchev–Trinajstić information content (AvgIpc) is 2.69. The number of hydrogen-bond acceptors (Lipinski definition) is 5. The predicted molar refractivity (Wildman–Crippen MR) is 111 cm³/mol. The quantitative estimate of drug-likeness (QED) is 0.506. The van der Waals surface area contributed by atoms with Crippen LogP contribution in [0.5, 0.6) is 5.75 Å². The van der Waals surface area contributed by atoms with Gasteiger partial charge in [0.05, 0.1) is 13.0 Å². The molecule has 29 heavy (non-hydrogen) atoms. The number of esters is 1. The molecule has 0 heterocycles. The first kappa shape index (κ1) is 22.1. The Morgan fingerprint density at radius 1 is 0.966 bits per heavy atom. The number of carbonyl (C=O) groups excluding carboxylic acids is 3. The van der Waals surface area contributed by atoms with Crippen molar-refractivity contribution in [1.29, 1.82) is 0 Å². The Labute approximate surface area is 171 Å². The van der Waals surface area contributed by atoms with Crippen molar-refractivity contribution in [1.82, 2.24) is 0 Å². The Morgan fingerprint density at radius 3 is 2.28 bits per heavy atom. The van der Waals surface area contributed by atoms with E-state index in [0.717, 1.165) is 11.1 Å². The van der Waals surface area contributed by atoms with Crippen molar-refractivity contribution >= 4 is 23.3 Å². The zero-order valence-corrected chi connectivity index (χ0v) is 17.3. The van der Waals surface area contributed by atoms with Gasteiger partial charge >= 0.3 is 5.97 Å². The van der Waals surface area contributed by atoms with Crippen LogP contribution in [0.15, 0.2) is 42.5 Å². The SMILES string of the molecule is CCOc1ccc(NC(=O)C(C)OC(=O)CCC(=O)c2ccc(C)c(C)c2)cc1. The van der Waals surface area contributed by atoms with Crippen LogP contribution in [0.3, 0.4) is 0 Å². The molecule has 1 amide bonds. The predicted octanol–water partition coefficient (Wildman–Crippen LogP) is 4.24. The van der Waals surface area contributed by atoms with Crippen molar-refractivity contribution in [3.05, 3.63) is 59.2 Å². The van der Waals surface area contributed by atoms with Gasteiger partial charge in [0.15, 0.2) is 11.9 Å². The van der Waals surface area contributed by atoms with Gasteiger partial charge in [-0.2, -0.15) is 0 Å². The van der Waals surface area contributed by atoms with Crippen molar-refractivity contribution in [3.8, 4) is 5.75 Å². The number of nitrogens with one attached hydrogen (secondary N) is 1. The molecule has 0 saturated heterocycles. The van der Waals surface area contributed by atoms with Gasteiger partial charge in [0.1, 0.15) is 5.75 Å². The van der Waals surface area contributed by atoms with E-state index in [1.807, 2.05) is 32.9 Å². The second-order valence-electron chi connectivity index (χ2n) is 6.80. The van der Waals surface area contributed by atoms with Crippen LogP contribution in [0.25, 0.3) is 0 Å². The number of anilines is 1. The molecule has 0 aliphatic heterocycles. The van der Waals surface area contributed by atoms with Crippen LogP contribution in [0, 0.1) is 13.8 Å². The zero-order chi connectivity index (χ0) is 21.4. The molecule has 0 bridgehead atoms. The van der Waals surface area contributed by atoms with Crippen molar-refractivity contribution in [3.63, 3.8) is 0 Å². The largest absolute Gasteiger partial charge is 0.494 e. The Hall–Kier alpha value is -3.15. The second-order valence-corrected chi connectivity index (χ2v) is 6.80. The van der Waals surface area contributed by atoms with E-state index in [1.54, 1.807) is 30.3 Å². The molecule has 6 nitrogen and oxygen atoms in total. The summed E-state index contributed by atoms with van der Waals surface area (Å²) in [5, 5.41) is 2.68. The lowest BCUT2D eigenvalue weighted by Gasteiger charge is -2.14. The van der Waals surface area contributed by atoms with E-state index in [0.29, 0.717) is 23.6 Å². The fourth-order valence-corrected chi connectivity index (χ4v) is 2.63. The van der Waals surface area contributed by atoms with Crippen LogP contribution in [-0.4, -0.2) is 30.4 Å². The maximum Gasteiger partial charge on any atom is 0.307 e. The molecule has 2 rings (SSSR count). The van der Waals surface area contributed by atoms with Gasteiger partial charge in [-0.05, 0) is 69.2 Å². The van der Waals surface area contributed by atoms with E-state index in [1.165, 1.54) is 6.92 Å². The lowest BCUT2D eigenvalue weighted by Crippen LogP contribution is -2.30. The highest BCUT2D eigenvalue weighted by Crippen LogP contribution is 2.16. The highest BCUT2D eigenvalue weighted by molar-refractivity contribution is 5.98. The van der Waals surface area contributed by atoms with Gasteiger partial charge in [0.2, 0.25) is 0 Å². The highest BCUT2D eigenvalue weighted by atomic mass is 16.5. The standard InChI is InChI=1S/C23H27NO5/c1-5-28-20-10-8-19(9-11-20)24-23(27)17(4)29-22(26)13-12-21(25)18-7-6-15(2)16(3)14-18/h6-11,14,17H,5,12-13H2,1-4H3,(H,24,27). The molecule has 2 aromatic rings. The first-order valence-electron chi connectivity index (χ1n) is 9.63. The summed E-state index contributed by atoms with van der Waals surface area (Å²) in [7, 11) is 0. The van der Waals surface area contributed by atoms with Crippen LogP contribution < -0.4 is 10.1 Å². The summed E-state index contributed by atoms with van der Waals surface area (Å²) in [4.78, 5) is 36.5. The molecule has 1 atom stereocenters. The van der Waals surface area contributed by atoms with Gasteiger partial charge in [-0.3, -0.25) is 14.4 Å². The van der Waals surface area contributed by atoms with Gasteiger partial charge in [-0.1, -0.05) is 12.1 Å². The summed E-state index contributed by atoms with van der Waals surface area (Å²) in [6, 6.07) is 12.4. The summed E-state index contributed by atoms with van der Waals surface area (Å²) in [5.41, 5.74) is 3.28. The van der Waals surface area contributed by atoms with E-state index in [2.05, 4.69) is 5.32 Å². The Morgan fingerprint density at radius 2 is 1.66 bits per heavy atom. The molecule has 0 aromatic heterocycles. The number of aryl methyl sites for hydroxylation is 2. The number of amides is 1. The highest BCUT2D eigenvalue weighted by Gasteiger charge is 2.19. The number of benzene rings is 2. The lowest BCUT2D eigenvalue weighted by atomic mass is 10.0. The van der Waals surface area contributed by atoms with Crippen molar-refractivity contribution in [2.24, 2.45) is 0 Å². The molecule has 1 unspecified atom stereocenters. The van der Waals surface area contributed by atoms with E-state index < -0.39 is 18.0 Å². The molecule has 1 N–H and O–H groups in total. The molecule has 6 heteroatoms. The van der Waals surface area contributed by atoms with Gasteiger partial charge < -0.3 is 14.8 Å². The minimum absolute atomic E-state index is 0.0363. The third kappa shape index (κ3) is 6.75. The minimum Gasteiger partial charge on any atom is -0.494 e. The van der Waals surface area contributed by atoms with Crippen molar-refractivity contribution in [2.45, 2.75) is 46.6 Å². The lowest BCUT2D eigenvalue weighted by molar-refractivity contribution is -0.153. The van der Waals surface area contributed by atoms with Gasteiger partial charge in [-0.15, -0.1) is 0 Å². The van der Waals surface area contributed by atoms with Gasteiger partial charge in [-0.25, -0.2) is 0 Å². The summed E-state index contributed by atoms with van der Waals surface area (Å²) in [6.07, 6.45) is -1.01. The number of carbonyl (C=O) groups is 3. The molecule has 0 saturated carbocycles. The first-order valence-corrected chi connectivity index (χ1v) is 9.63. The monoisotopic (exact) mass is 397 g/mol. The molecular weight excluding hydrogens is 370 g/mol. The van der Waals surface area contributed by atoms with E-state index in [-0.39, 0.29) is 18.6 Å². The topological polar surface area (TPSA) is 81.7 Å². The Bertz CT molecular complexity index is 873. The maximum atomic E-state index is 12.3. The minimum atomic E-state index is -0.967. The second kappa shape index (κ2) is 10.4. The fourth-order valence-electron chi connectivity index (χ4n) is 2.63. The molecule has 0 aliphatic rings. The maximum absolute atomic E-state index is 12.3. The first-order chi connectivity index (χ1) is 13.8.